The minimum atomic E-state index is -0.517. The van der Waals surface area contributed by atoms with Crippen molar-refractivity contribution in [1.29, 1.82) is 0 Å². The largest absolute Gasteiger partial charge is 0.423 e. The van der Waals surface area contributed by atoms with Crippen molar-refractivity contribution >= 4 is 23.5 Å². The van der Waals surface area contributed by atoms with E-state index >= 15 is 0 Å². The number of nitrogens with zero attached hydrogens (tertiary/aromatic N) is 1. The Bertz CT molecular complexity index is 748. The zero-order valence-corrected chi connectivity index (χ0v) is 13.2. The van der Waals surface area contributed by atoms with Crippen molar-refractivity contribution in [3.05, 3.63) is 59.7 Å². The van der Waals surface area contributed by atoms with Gasteiger partial charge < -0.3 is 21.5 Å². The third kappa shape index (κ3) is 4.57. The average Bonchev–Trinajstić information content (AvgIpc) is 2.56. The van der Waals surface area contributed by atoms with E-state index in [1.165, 1.54) is 0 Å². The summed E-state index contributed by atoms with van der Waals surface area (Å²) in [5.41, 5.74) is 12.0. The summed E-state index contributed by atoms with van der Waals surface area (Å²) >= 11 is 0. The van der Waals surface area contributed by atoms with Crippen molar-refractivity contribution < 1.29 is 14.3 Å². The van der Waals surface area contributed by atoms with Gasteiger partial charge in [-0.1, -0.05) is 0 Å². The molecule has 0 bridgehead atoms. The topological polar surface area (TPSA) is 120 Å². The molecule has 0 radical (unpaired) electrons. The molecule has 0 aliphatic rings. The van der Waals surface area contributed by atoms with E-state index in [0.29, 0.717) is 29.1 Å². The Kier molecular flexibility index (Phi) is 5.51. The quantitative estimate of drug-likeness (QED) is 0.333. The first-order valence-corrected chi connectivity index (χ1v) is 7.29. The van der Waals surface area contributed by atoms with Gasteiger partial charge in [-0.15, -0.1) is 0 Å². The number of ether oxygens (including phenoxy) is 1. The standard InChI is InChI=1S/C17H18N4O3/c1-2-20-15(22)11-5-9-14(10-6-11)24-16(23)12-3-7-13(8-4-12)21-17(18)19/h3-10H,2H2,1H3,(H,20,22)(H4,18,19,21). The van der Waals surface area contributed by atoms with E-state index in [-0.39, 0.29) is 11.9 Å². The van der Waals surface area contributed by atoms with Crippen molar-refractivity contribution in [2.24, 2.45) is 16.5 Å². The monoisotopic (exact) mass is 326 g/mol. The number of hydrogen-bond acceptors (Lipinski definition) is 4. The third-order valence-electron chi connectivity index (χ3n) is 3.03. The number of nitrogens with two attached hydrogens (primary N) is 2. The molecule has 0 aromatic heterocycles. The molecule has 0 aliphatic carbocycles. The minimum Gasteiger partial charge on any atom is -0.423 e. The van der Waals surface area contributed by atoms with Crippen LogP contribution in [0.2, 0.25) is 0 Å². The Morgan fingerprint density at radius 1 is 1.00 bits per heavy atom. The Hall–Kier alpha value is -3.35. The van der Waals surface area contributed by atoms with E-state index in [9.17, 15) is 9.59 Å². The maximum atomic E-state index is 12.1. The number of esters is 1. The van der Waals surface area contributed by atoms with Gasteiger partial charge in [-0.05, 0) is 55.5 Å². The van der Waals surface area contributed by atoms with Crippen LogP contribution in [0.25, 0.3) is 0 Å². The number of rotatable bonds is 5. The van der Waals surface area contributed by atoms with Crippen LogP contribution in [0, 0.1) is 0 Å². The molecule has 124 valence electrons. The molecule has 7 nitrogen and oxygen atoms in total. The van der Waals surface area contributed by atoms with Crippen LogP contribution in [-0.2, 0) is 0 Å². The van der Waals surface area contributed by atoms with Crippen molar-refractivity contribution in [2.45, 2.75) is 6.92 Å². The molecule has 0 unspecified atom stereocenters. The molecule has 24 heavy (non-hydrogen) atoms. The number of carbonyl (C=O) groups is 2. The lowest BCUT2D eigenvalue weighted by atomic mass is 10.2. The Morgan fingerprint density at radius 3 is 2.12 bits per heavy atom. The highest BCUT2D eigenvalue weighted by Gasteiger charge is 2.10. The van der Waals surface area contributed by atoms with Gasteiger partial charge in [0.05, 0.1) is 11.3 Å². The first kappa shape index (κ1) is 17.0. The van der Waals surface area contributed by atoms with Gasteiger partial charge in [0.25, 0.3) is 5.91 Å². The SMILES string of the molecule is CCNC(=O)c1ccc(OC(=O)c2ccc(N=C(N)N)cc2)cc1. The second-order valence-corrected chi connectivity index (χ2v) is 4.86. The molecule has 0 saturated carbocycles. The fourth-order valence-corrected chi connectivity index (χ4v) is 1.92. The van der Waals surface area contributed by atoms with Gasteiger partial charge in [0.15, 0.2) is 5.96 Å². The van der Waals surface area contributed by atoms with Crippen LogP contribution in [0.5, 0.6) is 5.75 Å². The van der Waals surface area contributed by atoms with Gasteiger partial charge in [0.2, 0.25) is 0 Å². The summed E-state index contributed by atoms with van der Waals surface area (Å²) in [5.74, 6) is -0.401. The van der Waals surface area contributed by atoms with Crippen molar-refractivity contribution in [2.75, 3.05) is 6.54 Å². The highest BCUT2D eigenvalue weighted by molar-refractivity contribution is 5.94. The van der Waals surface area contributed by atoms with E-state index < -0.39 is 5.97 Å². The Labute approximate surface area is 139 Å². The zero-order chi connectivity index (χ0) is 17.5. The summed E-state index contributed by atoms with van der Waals surface area (Å²) in [7, 11) is 0. The lowest BCUT2D eigenvalue weighted by Crippen LogP contribution is -2.22. The van der Waals surface area contributed by atoms with Crippen LogP contribution in [0.15, 0.2) is 53.5 Å². The summed E-state index contributed by atoms with van der Waals surface area (Å²) < 4.78 is 5.26. The molecule has 2 aromatic carbocycles. The summed E-state index contributed by atoms with van der Waals surface area (Å²) in [6.45, 7) is 2.39. The van der Waals surface area contributed by atoms with Crippen LogP contribution in [-0.4, -0.2) is 24.4 Å². The Morgan fingerprint density at radius 2 is 1.58 bits per heavy atom. The van der Waals surface area contributed by atoms with E-state index in [1.54, 1.807) is 48.5 Å². The molecule has 5 N–H and O–H groups in total. The second-order valence-electron chi connectivity index (χ2n) is 4.86. The highest BCUT2D eigenvalue weighted by Crippen LogP contribution is 2.17. The van der Waals surface area contributed by atoms with E-state index in [1.807, 2.05) is 6.92 Å². The fraction of sp³-hybridized carbons (Fsp3) is 0.118. The zero-order valence-electron chi connectivity index (χ0n) is 13.2. The summed E-state index contributed by atoms with van der Waals surface area (Å²) in [6.07, 6.45) is 0. The van der Waals surface area contributed by atoms with Crippen LogP contribution in [0.3, 0.4) is 0 Å². The van der Waals surface area contributed by atoms with Gasteiger partial charge >= 0.3 is 5.97 Å². The van der Waals surface area contributed by atoms with E-state index in [2.05, 4.69) is 10.3 Å². The lowest BCUT2D eigenvalue weighted by Gasteiger charge is -2.06. The second kappa shape index (κ2) is 7.77. The summed E-state index contributed by atoms with van der Waals surface area (Å²) in [6, 6.07) is 12.7. The number of guanidine groups is 1. The third-order valence-corrected chi connectivity index (χ3v) is 3.03. The van der Waals surface area contributed by atoms with Crippen molar-refractivity contribution in [3.8, 4) is 5.75 Å². The van der Waals surface area contributed by atoms with Crippen molar-refractivity contribution in [3.63, 3.8) is 0 Å². The Balaban J connectivity index is 2.04. The van der Waals surface area contributed by atoms with Crippen molar-refractivity contribution in [1.82, 2.24) is 5.32 Å². The van der Waals surface area contributed by atoms with Gasteiger partial charge in [-0.25, -0.2) is 9.79 Å². The molecule has 0 aliphatic heterocycles. The first-order chi connectivity index (χ1) is 11.5. The predicted octanol–water partition coefficient (Wildman–Crippen LogP) is 1.56. The number of amides is 1. The van der Waals surface area contributed by atoms with Gasteiger partial charge in [-0.2, -0.15) is 0 Å². The van der Waals surface area contributed by atoms with E-state index in [4.69, 9.17) is 16.2 Å². The molecule has 2 rings (SSSR count). The first-order valence-electron chi connectivity index (χ1n) is 7.29. The molecular weight excluding hydrogens is 308 g/mol. The lowest BCUT2D eigenvalue weighted by molar-refractivity contribution is 0.0734. The van der Waals surface area contributed by atoms with Crippen LogP contribution >= 0.6 is 0 Å². The average molecular weight is 326 g/mol. The molecular formula is C17H18N4O3. The normalized spacial score (nSPS) is 9.88. The fourth-order valence-electron chi connectivity index (χ4n) is 1.92. The number of aliphatic imine (C=N–C) groups is 1. The van der Waals surface area contributed by atoms with E-state index in [0.717, 1.165) is 0 Å². The molecule has 0 atom stereocenters. The van der Waals surface area contributed by atoms with Gasteiger partial charge in [0.1, 0.15) is 5.75 Å². The van der Waals surface area contributed by atoms with Crippen LogP contribution < -0.4 is 21.5 Å². The number of benzene rings is 2. The summed E-state index contributed by atoms with van der Waals surface area (Å²) in [4.78, 5) is 27.6. The minimum absolute atomic E-state index is 0.0578. The number of nitrogens with one attached hydrogen (secondary N) is 1. The number of carbonyl (C=O) groups excluding carboxylic acids is 2. The molecule has 7 heteroatoms. The predicted molar refractivity (Wildman–Crippen MR) is 91.3 cm³/mol. The summed E-state index contributed by atoms with van der Waals surface area (Å²) in [5, 5.41) is 2.69. The molecule has 2 aromatic rings. The molecule has 0 heterocycles. The van der Waals surface area contributed by atoms with Crippen LogP contribution in [0.1, 0.15) is 27.6 Å². The molecule has 0 fully saturated rings. The highest BCUT2D eigenvalue weighted by atomic mass is 16.5. The van der Waals surface area contributed by atoms with Gasteiger partial charge in [0, 0.05) is 12.1 Å². The molecule has 0 spiro atoms. The van der Waals surface area contributed by atoms with Crippen LogP contribution in [0.4, 0.5) is 5.69 Å². The maximum absolute atomic E-state index is 12.1. The maximum Gasteiger partial charge on any atom is 0.343 e. The molecule has 0 saturated heterocycles. The smallest absolute Gasteiger partial charge is 0.343 e. The molecule has 1 amide bonds. The number of hydrogen-bond donors (Lipinski definition) is 3. The van der Waals surface area contributed by atoms with Gasteiger partial charge in [-0.3, -0.25) is 4.79 Å².